The van der Waals surface area contributed by atoms with Crippen LogP contribution < -0.4 is 5.56 Å². The van der Waals surface area contributed by atoms with Gasteiger partial charge < -0.3 is 5.11 Å². The van der Waals surface area contributed by atoms with E-state index in [1.807, 2.05) is 6.92 Å². The van der Waals surface area contributed by atoms with E-state index in [0.717, 1.165) is 33.8 Å². The molecular weight excluding hydrogens is 300 g/mol. The Bertz CT molecular complexity index is 959. The maximum atomic E-state index is 12.0. The molecule has 3 aromatic rings. The van der Waals surface area contributed by atoms with E-state index in [2.05, 4.69) is 20.4 Å². The Balaban J connectivity index is 2.19. The van der Waals surface area contributed by atoms with Crippen LogP contribution in [-0.2, 0) is 7.05 Å². The number of hydrogen-bond donors (Lipinski definition) is 1. The summed E-state index contributed by atoms with van der Waals surface area (Å²) in [5, 5.41) is 20.6. The van der Waals surface area contributed by atoms with Gasteiger partial charge in [0.25, 0.3) is 5.56 Å². The molecule has 0 radical (unpaired) electrons. The fraction of sp³-hybridized carbons (Fsp3) is 0.143. The lowest BCUT2D eigenvalue weighted by Gasteiger charge is -2.09. The van der Waals surface area contributed by atoms with Crippen molar-refractivity contribution in [2.24, 2.45) is 7.05 Å². The molecule has 0 unspecified atom stereocenters. The number of carbonyl (C=O) groups is 1. The zero-order valence-electron chi connectivity index (χ0n) is 12.3. The molecule has 0 saturated carbocycles. The number of aromatic nitrogens is 6. The number of carboxylic acid groups (broad SMARTS) is 1. The molecule has 0 aliphatic rings. The zero-order chi connectivity index (χ0) is 16.6. The monoisotopic (exact) mass is 312 g/mol. The molecule has 0 fully saturated rings. The van der Waals surface area contributed by atoms with Crippen molar-refractivity contribution in [2.75, 3.05) is 0 Å². The van der Waals surface area contributed by atoms with E-state index >= 15 is 0 Å². The summed E-state index contributed by atoms with van der Waals surface area (Å²) in [4.78, 5) is 27.3. The van der Waals surface area contributed by atoms with Crippen LogP contribution in [0, 0.1) is 6.92 Å². The summed E-state index contributed by atoms with van der Waals surface area (Å²) in [5.74, 6) is -1.21. The van der Waals surface area contributed by atoms with Crippen LogP contribution >= 0.6 is 0 Å². The largest absolute Gasteiger partial charge is 0.476 e. The smallest absolute Gasteiger partial charge is 0.356 e. The summed E-state index contributed by atoms with van der Waals surface area (Å²) < 4.78 is 2.58. The second-order valence-electron chi connectivity index (χ2n) is 4.84. The maximum absolute atomic E-state index is 12.0. The third kappa shape index (κ3) is 2.59. The summed E-state index contributed by atoms with van der Waals surface area (Å²) in [6, 6.07) is 4.01. The topological polar surface area (TPSA) is 116 Å². The number of aryl methyl sites for hydroxylation is 2. The van der Waals surface area contributed by atoms with E-state index in [0.29, 0.717) is 5.69 Å². The van der Waals surface area contributed by atoms with Crippen molar-refractivity contribution in [3.63, 3.8) is 0 Å². The Morgan fingerprint density at radius 2 is 2.04 bits per heavy atom. The maximum Gasteiger partial charge on any atom is 0.356 e. The van der Waals surface area contributed by atoms with Gasteiger partial charge in [-0.3, -0.25) is 9.78 Å². The summed E-state index contributed by atoms with van der Waals surface area (Å²) in [7, 11) is 1.74. The number of hydrogen-bond acceptors (Lipinski definition) is 6. The summed E-state index contributed by atoms with van der Waals surface area (Å²) in [6.07, 6.45) is 3.04. The molecule has 116 valence electrons. The average Bonchev–Trinajstić information content (AvgIpc) is 2.94. The molecule has 0 aliphatic heterocycles. The molecule has 23 heavy (non-hydrogen) atoms. The fourth-order valence-electron chi connectivity index (χ4n) is 2.14. The van der Waals surface area contributed by atoms with E-state index in [9.17, 15) is 9.59 Å². The standard InChI is InChI=1S/C14H12N6O3/c1-8-10(12-7-16-18-19(12)2)5-9(6-15-8)20-13(21)4-3-11(17-20)14(22)23/h3-7H,1-2H3,(H,22,23). The van der Waals surface area contributed by atoms with Gasteiger partial charge in [-0.25, -0.2) is 9.48 Å². The van der Waals surface area contributed by atoms with Gasteiger partial charge in [-0.2, -0.15) is 9.78 Å². The van der Waals surface area contributed by atoms with E-state index in [4.69, 9.17) is 5.11 Å². The molecule has 0 aromatic carbocycles. The summed E-state index contributed by atoms with van der Waals surface area (Å²) >= 11 is 0. The summed E-state index contributed by atoms with van der Waals surface area (Å²) in [6.45, 7) is 1.82. The molecule has 0 aliphatic carbocycles. The Morgan fingerprint density at radius 3 is 2.70 bits per heavy atom. The van der Waals surface area contributed by atoms with E-state index < -0.39 is 11.5 Å². The van der Waals surface area contributed by atoms with Gasteiger partial charge in [0.2, 0.25) is 0 Å². The quantitative estimate of drug-likeness (QED) is 0.745. The number of rotatable bonds is 3. The van der Waals surface area contributed by atoms with Crippen LogP contribution in [0.1, 0.15) is 16.2 Å². The third-order valence-corrected chi connectivity index (χ3v) is 3.33. The molecule has 3 aromatic heterocycles. The first kappa shape index (κ1) is 14.6. The molecule has 0 amide bonds. The minimum Gasteiger partial charge on any atom is -0.476 e. The van der Waals surface area contributed by atoms with Crippen LogP contribution in [0.25, 0.3) is 16.9 Å². The van der Waals surface area contributed by atoms with Crippen LogP contribution in [0.15, 0.2) is 35.4 Å². The predicted molar refractivity (Wildman–Crippen MR) is 79.3 cm³/mol. The van der Waals surface area contributed by atoms with Crippen LogP contribution in [0.2, 0.25) is 0 Å². The van der Waals surface area contributed by atoms with Gasteiger partial charge in [-0.15, -0.1) is 5.10 Å². The number of aromatic carboxylic acids is 1. The highest BCUT2D eigenvalue weighted by Gasteiger charge is 2.13. The lowest BCUT2D eigenvalue weighted by atomic mass is 10.1. The molecule has 3 rings (SSSR count). The van der Waals surface area contributed by atoms with Gasteiger partial charge >= 0.3 is 5.97 Å². The van der Waals surface area contributed by atoms with Crippen molar-refractivity contribution in [1.82, 2.24) is 29.8 Å². The molecule has 0 saturated heterocycles. The minimum atomic E-state index is -1.21. The van der Waals surface area contributed by atoms with Crippen LogP contribution in [0.5, 0.6) is 0 Å². The first-order chi connectivity index (χ1) is 11.0. The molecule has 0 spiro atoms. The molecular formula is C14H12N6O3. The van der Waals surface area contributed by atoms with Crippen molar-refractivity contribution in [1.29, 1.82) is 0 Å². The summed E-state index contributed by atoms with van der Waals surface area (Å²) in [5.41, 5.74) is 1.86. The molecule has 9 nitrogen and oxygen atoms in total. The third-order valence-electron chi connectivity index (χ3n) is 3.33. The highest BCUT2D eigenvalue weighted by molar-refractivity contribution is 5.84. The first-order valence-electron chi connectivity index (χ1n) is 6.63. The predicted octanol–water partition coefficient (Wildman–Crippen LogP) is 0.430. The molecule has 3 heterocycles. The van der Waals surface area contributed by atoms with E-state index in [-0.39, 0.29) is 5.69 Å². The van der Waals surface area contributed by atoms with Gasteiger partial charge in [-0.1, -0.05) is 5.21 Å². The Morgan fingerprint density at radius 1 is 1.26 bits per heavy atom. The number of pyridine rings is 1. The van der Waals surface area contributed by atoms with Gasteiger partial charge in [0, 0.05) is 24.4 Å². The van der Waals surface area contributed by atoms with Crippen molar-refractivity contribution in [3.05, 3.63) is 52.3 Å². The van der Waals surface area contributed by atoms with Crippen molar-refractivity contribution < 1.29 is 9.90 Å². The highest BCUT2D eigenvalue weighted by Crippen LogP contribution is 2.22. The molecule has 0 bridgehead atoms. The first-order valence-corrected chi connectivity index (χ1v) is 6.63. The normalized spacial score (nSPS) is 10.7. The van der Waals surface area contributed by atoms with E-state index in [1.54, 1.807) is 24.0 Å². The lowest BCUT2D eigenvalue weighted by Crippen LogP contribution is -2.23. The lowest BCUT2D eigenvalue weighted by molar-refractivity contribution is 0.0688. The van der Waals surface area contributed by atoms with Crippen molar-refractivity contribution in [2.45, 2.75) is 6.92 Å². The average molecular weight is 312 g/mol. The highest BCUT2D eigenvalue weighted by atomic mass is 16.4. The van der Waals surface area contributed by atoms with Gasteiger partial charge in [0.1, 0.15) is 0 Å². The Kier molecular flexibility index (Phi) is 3.45. The number of nitrogens with zero attached hydrogens (tertiary/aromatic N) is 6. The van der Waals surface area contributed by atoms with Crippen LogP contribution in [-0.4, -0.2) is 40.8 Å². The van der Waals surface area contributed by atoms with E-state index in [1.165, 1.54) is 6.20 Å². The Hall–Kier alpha value is -3.36. The van der Waals surface area contributed by atoms with Gasteiger partial charge in [-0.05, 0) is 19.1 Å². The SMILES string of the molecule is Cc1ncc(-n2nc(C(=O)O)ccc2=O)cc1-c1cnnn1C. The second-order valence-corrected chi connectivity index (χ2v) is 4.84. The van der Waals surface area contributed by atoms with Gasteiger partial charge in [0.05, 0.1) is 23.8 Å². The number of carboxylic acids is 1. The van der Waals surface area contributed by atoms with Crippen molar-refractivity contribution >= 4 is 5.97 Å². The molecule has 1 N–H and O–H groups in total. The second kappa shape index (κ2) is 5.44. The zero-order valence-corrected chi connectivity index (χ0v) is 12.3. The Labute approximate surface area is 129 Å². The van der Waals surface area contributed by atoms with Crippen LogP contribution in [0.3, 0.4) is 0 Å². The van der Waals surface area contributed by atoms with Crippen molar-refractivity contribution in [3.8, 4) is 16.9 Å². The van der Waals surface area contributed by atoms with Crippen LogP contribution in [0.4, 0.5) is 0 Å². The van der Waals surface area contributed by atoms with Gasteiger partial charge in [0.15, 0.2) is 5.69 Å². The fourth-order valence-corrected chi connectivity index (χ4v) is 2.14. The molecule has 0 atom stereocenters. The minimum absolute atomic E-state index is 0.228. The molecule has 9 heteroatoms.